The van der Waals surface area contributed by atoms with Gasteiger partial charge in [0.1, 0.15) is 5.82 Å². The number of rotatable bonds is 8. The molecule has 3 amide bonds. The van der Waals surface area contributed by atoms with Crippen LogP contribution in [0.3, 0.4) is 0 Å². The maximum atomic E-state index is 13.3. The molecule has 1 saturated heterocycles. The third-order valence-corrected chi connectivity index (χ3v) is 6.57. The fraction of sp³-hybridized carbons (Fsp3) is 0.333. The number of nitrogens with one attached hydrogen (secondary N) is 1. The Morgan fingerprint density at radius 1 is 0.865 bits per heavy atom. The molecule has 0 saturated carbocycles. The first-order chi connectivity index (χ1) is 17.9. The van der Waals surface area contributed by atoms with Crippen LogP contribution in [0.2, 0.25) is 0 Å². The number of amides is 3. The van der Waals surface area contributed by atoms with Crippen molar-refractivity contribution in [2.45, 2.75) is 26.4 Å². The number of urea groups is 1. The number of hydrogen-bond donors (Lipinski definition) is 1. The third-order valence-electron chi connectivity index (χ3n) is 6.57. The Bertz CT molecular complexity index is 1160. The lowest BCUT2D eigenvalue weighted by Crippen LogP contribution is -2.51. The molecule has 0 radical (unpaired) electrons. The van der Waals surface area contributed by atoms with E-state index >= 15 is 0 Å². The van der Waals surface area contributed by atoms with Crippen molar-refractivity contribution in [2.24, 2.45) is 0 Å². The van der Waals surface area contributed by atoms with Gasteiger partial charge in [-0.15, -0.1) is 0 Å². The predicted octanol–water partition coefficient (Wildman–Crippen LogP) is 4.87. The van der Waals surface area contributed by atoms with E-state index in [0.29, 0.717) is 38.3 Å². The van der Waals surface area contributed by atoms with Crippen LogP contribution in [0.1, 0.15) is 29.8 Å². The lowest BCUT2D eigenvalue weighted by atomic mass is 10.0. The topological polar surface area (TPSA) is 55.9 Å². The van der Waals surface area contributed by atoms with Crippen molar-refractivity contribution in [1.82, 2.24) is 20.0 Å². The second-order valence-electron chi connectivity index (χ2n) is 9.73. The van der Waals surface area contributed by atoms with Crippen molar-refractivity contribution >= 4 is 11.9 Å². The Morgan fingerprint density at radius 2 is 1.49 bits per heavy atom. The van der Waals surface area contributed by atoms with Gasteiger partial charge in [0.05, 0.1) is 0 Å². The molecule has 0 unspecified atom stereocenters. The molecular formula is C30H35FN4O2. The average Bonchev–Trinajstić information content (AvgIpc) is 2.92. The van der Waals surface area contributed by atoms with Gasteiger partial charge in [-0.25, -0.2) is 9.18 Å². The molecule has 0 aromatic heterocycles. The van der Waals surface area contributed by atoms with E-state index in [4.69, 9.17) is 0 Å². The number of carbonyl (C=O) groups is 2. The zero-order valence-corrected chi connectivity index (χ0v) is 21.6. The summed E-state index contributed by atoms with van der Waals surface area (Å²) in [4.78, 5) is 31.8. The molecule has 3 aromatic rings. The van der Waals surface area contributed by atoms with Crippen LogP contribution in [0.25, 0.3) is 11.1 Å². The zero-order valence-electron chi connectivity index (χ0n) is 21.6. The van der Waals surface area contributed by atoms with E-state index in [-0.39, 0.29) is 23.8 Å². The van der Waals surface area contributed by atoms with Crippen LogP contribution in [-0.2, 0) is 6.54 Å². The molecule has 0 spiro atoms. The normalized spacial score (nSPS) is 14.0. The predicted molar refractivity (Wildman–Crippen MR) is 145 cm³/mol. The Hall–Kier alpha value is -3.71. The number of halogens is 1. The van der Waals surface area contributed by atoms with E-state index in [2.05, 4.69) is 22.3 Å². The smallest absolute Gasteiger partial charge is 0.317 e. The number of nitrogens with zero attached hydrogens (tertiary/aromatic N) is 3. The van der Waals surface area contributed by atoms with E-state index in [1.54, 1.807) is 17.0 Å². The molecule has 4 rings (SSSR count). The average molecular weight is 503 g/mol. The van der Waals surface area contributed by atoms with Gasteiger partial charge in [0.25, 0.3) is 5.91 Å². The molecule has 37 heavy (non-hydrogen) atoms. The van der Waals surface area contributed by atoms with Gasteiger partial charge in [-0.2, -0.15) is 0 Å². The largest absolute Gasteiger partial charge is 0.336 e. The summed E-state index contributed by atoms with van der Waals surface area (Å²) < 4.78 is 13.3. The number of carbonyl (C=O) groups excluding carboxylic acids is 2. The Kier molecular flexibility index (Phi) is 8.90. The van der Waals surface area contributed by atoms with Gasteiger partial charge in [0, 0.05) is 57.4 Å². The Morgan fingerprint density at radius 3 is 2.11 bits per heavy atom. The second-order valence-corrected chi connectivity index (χ2v) is 9.73. The highest BCUT2D eigenvalue weighted by Crippen LogP contribution is 2.20. The number of piperazine rings is 1. The van der Waals surface area contributed by atoms with Gasteiger partial charge in [0.15, 0.2) is 0 Å². The van der Waals surface area contributed by atoms with Gasteiger partial charge in [-0.05, 0) is 54.8 Å². The van der Waals surface area contributed by atoms with Crippen molar-refractivity contribution in [3.8, 4) is 11.1 Å². The maximum Gasteiger partial charge on any atom is 0.317 e. The van der Waals surface area contributed by atoms with Crippen molar-refractivity contribution in [3.63, 3.8) is 0 Å². The molecule has 1 fully saturated rings. The minimum Gasteiger partial charge on any atom is -0.336 e. The molecule has 3 aromatic carbocycles. The fourth-order valence-corrected chi connectivity index (χ4v) is 4.46. The molecule has 0 bridgehead atoms. The van der Waals surface area contributed by atoms with Gasteiger partial charge in [-0.1, -0.05) is 54.6 Å². The van der Waals surface area contributed by atoms with Crippen LogP contribution in [0.4, 0.5) is 9.18 Å². The van der Waals surface area contributed by atoms with Crippen LogP contribution in [0, 0.1) is 5.82 Å². The van der Waals surface area contributed by atoms with Crippen LogP contribution in [0.5, 0.6) is 0 Å². The van der Waals surface area contributed by atoms with E-state index in [1.165, 1.54) is 12.1 Å². The van der Waals surface area contributed by atoms with Crippen LogP contribution in [0.15, 0.2) is 78.9 Å². The first-order valence-corrected chi connectivity index (χ1v) is 12.9. The summed E-state index contributed by atoms with van der Waals surface area (Å²) in [6, 6.07) is 24.1. The van der Waals surface area contributed by atoms with E-state index < -0.39 is 0 Å². The minimum atomic E-state index is -0.290. The summed E-state index contributed by atoms with van der Waals surface area (Å²) in [6.45, 7) is 8.33. The summed E-state index contributed by atoms with van der Waals surface area (Å²) in [5.41, 5.74) is 3.80. The molecule has 194 valence electrons. The molecule has 1 aliphatic heterocycles. The van der Waals surface area contributed by atoms with Crippen molar-refractivity contribution in [2.75, 3.05) is 39.3 Å². The highest BCUT2D eigenvalue weighted by atomic mass is 19.1. The summed E-state index contributed by atoms with van der Waals surface area (Å²) >= 11 is 0. The molecule has 1 aliphatic rings. The maximum absolute atomic E-state index is 13.3. The van der Waals surface area contributed by atoms with Gasteiger partial charge >= 0.3 is 6.03 Å². The fourth-order valence-electron chi connectivity index (χ4n) is 4.46. The summed E-state index contributed by atoms with van der Waals surface area (Å²) in [5.74, 6) is -0.241. The van der Waals surface area contributed by atoms with Gasteiger partial charge in [-0.3, -0.25) is 9.69 Å². The molecular weight excluding hydrogens is 467 g/mol. The second kappa shape index (κ2) is 12.5. The Balaban J connectivity index is 1.29. The summed E-state index contributed by atoms with van der Waals surface area (Å²) in [6.07, 6.45) is 0. The van der Waals surface area contributed by atoms with E-state index in [9.17, 15) is 14.0 Å². The zero-order chi connectivity index (χ0) is 26.2. The van der Waals surface area contributed by atoms with E-state index in [0.717, 1.165) is 29.8 Å². The third kappa shape index (κ3) is 7.40. The lowest BCUT2D eigenvalue weighted by Gasteiger charge is -2.36. The van der Waals surface area contributed by atoms with E-state index in [1.807, 2.05) is 61.2 Å². The molecule has 6 nitrogen and oxygen atoms in total. The molecule has 1 N–H and O–H groups in total. The van der Waals surface area contributed by atoms with Gasteiger partial charge < -0.3 is 15.1 Å². The highest BCUT2D eigenvalue weighted by molar-refractivity contribution is 5.94. The molecule has 1 heterocycles. The monoisotopic (exact) mass is 502 g/mol. The highest BCUT2D eigenvalue weighted by Gasteiger charge is 2.23. The van der Waals surface area contributed by atoms with Crippen molar-refractivity contribution < 1.29 is 14.0 Å². The number of benzene rings is 3. The quantitative estimate of drug-likeness (QED) is 0.478. The first-order valence-electron chi connectivity index (χ1n) is 12.9. The summed E-state index contributed by atoms with van der Waals surface area (Å²) in [7, 11) is 0. The number of hydrogen-bond acceptors (Lipinski definition) is 3. The summed E-state index contributed by atoms with van der Waals surface area (Å²) in [5, 5.41) is 2.96. The molecule has 0 atom stereocenters. The van der Waals surface area contributed by atoms with Crippen LogP contribution < -0.4 is 5.32 Å². The Labute approximate surface area is 218 Å². The standard InChI is InChI=1S/C30H35FN4O2/c1-23(2)32-30(37)35(22-24-8-14-28(31)15-9-24)21-18-33-16-19-34(20-17-33)29(36)27-12-10-26(11-13-27)25-6-4-3-5-7-25/h3-15,23H,16-22H2,1-2H3,(H,32,37). The molecule has 0 aliphatic carbocycles. The van der Waals surface area contributed by atoms with Crippen LogP contribution in [-0.4, -0.2) is 71.9 Å². The van der Waals surface area contributed by atoms with Crippen molar-refractivity contribution in [3.05, 3.63) is 95.8 Å². The van der Waals surface area contributed by atoms with Crippen molar-refractivity contribution in [1.29, 1.82) is 0 Å². The SMILES string of the molecule is CC(C)NC(=O)N(CCN1CCN(C(=O)c2ccc(-c3ccccc3)cc2)CC1)Cc1ccc(F)cc1. The molecule has 7 heteroatoms. The first kappa shape index (κ1) is 26.4. The lowest BCUT2D eigenvalue weighted by molar-refractivity contribution is 0.0627. The van der Waals surface area contributed by atoms with Gasteiger partial charge in [0.2, 0.25) is 0 Å². The minimum absolute atomic E-state index is 0.0273. The van der Waals surface area contributed by atoms with Crippen LogP contribution >= 0.6 is 0 Å².